The van der Waals surface area contributed by atoms with Crippen LogP contribution in [0.25, 0.3) is 5.52 Å². The molecular weight excluding hydrogens is 366 g/mol. The van der Waals surface area contributed by atoms with E-state index in [-0.39, 0.29) is 0 Å². The Balaban J connectivity index is 1.44. The van der Waals surface area contributed by atoms with Gasteiger partial charge in [0.1, 0.15) is 5.82 Å². The number of hydrogen-bond donors (Lipinski definition) is 0. The molecule has 0 spiro atoms. The zero-order valence-corrected chi connectivity index (χ0v) is 17.4. The molecule has 1 atom stereocenters. The van der Waals surface area contributed by atoms with Gasteiger partial charge in [-0.3, -0.25) is 9.89 Å². The van der Waals surface area contributed by atoms with Gasteiger partial charge in [0.25, 0.3) is 0 Å². The zero-order valence-electron chi connectivity index (χ0n) is 16.6. The maximum absolute atomic E-state index is 4.40. The number of allylic oxidation sites excluding steroid dienone is 1. The van der Waals surface area contributed by atoms with Gasteiger partial charge in [0.2, 0.25) is 0 Å². The molecule has 2 aromatic rings. The van der Waals surface area contributed by atoms with E-state index in [1.54, 1.807) is 11.8 Å². The third-order valence-corrected chi connectivity index (χ3v) is 6.17. The Morgan fingerprint density at radius 3 is 2.82 bits per heavy atom. The Hall–Kier alpha value is -2.31. The first-order valence-corrected chi connectivity index (χ1v) is 10.8. The second-order valence-corrected chi connectivity index (χ2v) is 8.17. The fraction of sp³-hybridized carbons (Fsp3) is 0.364. The Labute approximate surface area is 171 Å². The van der Waals surface area contributed by atoms with Crippen LogP contribution < -0.4 is 4.90 Å². The second kappa shape index (κ2) is 8.37. The standard InChI is InChI=1S/C22H27N5S/c1-17-13-20(5-4-12-28-16-24-17)18(2)25-8-10-26(11-9-25)22-7-6-21-14-23-19(3)27(21)15-22/h4-7,13-16,18H,1,8-12H2,2-3H3/b5-4-,20-13+,24-16?. The fourth-order valence-electron chi connectivity index (χ4n) is 3.80. The number of nitrogens with zero attached hydrogens (tertiary/aromatic N) is 5. The molecular formula is C22H27N5S. The predicted molar refractivity (Wildman–Crippen MR) is 120 cm³/mol. The number of piperazine rings is 1. The van der Waals surface area contributed by atoms with Crippen LogP contribution in [0.4, 0.5) is 5.69 Å². The van der Waals surface area contributed by atoms with E-state index in [0.29, 0.717) is 6.04 Å². The SMILES string of the molecule is C=C1/C=C(C(C)N2CCN(c3ccc4cnc(C)n4c3)CC2)\C=C/CSC=N1. The second-order valence-electron chi connectivity index (χ2n) is 7.29. The number of fused-ring (bicyclic) bond motifs is 1. The molecule has 2 aliphatic heterocycles. The fourth-order valence-corrected chi connectivity index (χ4v) is 4.30. The van der Waals surface area contributed by atoms with Crippen molar-refractivity contribution in [1.29, 1.82) is 0 Å². The van der Waals surface area contributed by atoms with Crippen LogP contribution >= 0.6 is 11.8 Å². The highest BCUT2D eigenvalue weighted by atomic mass is 32.2. The van der Waals surface area contributed by atoms with Crippen molar-refractivity contribution >= 4 is 28.5 Å². The van der Waals surface area contributed by atoms with E-state index < -0.39 is 0 Å². The third kappa shape index (κ3) is 4.08. The summed E-state index contributed by atoms with van der Waals surface area (Å²) in [5.41, 5.74) is 6.40. The molecule has 0 bridgehead atoms. The summed E-state index contributed by atoms with van der Waals surface area (Å²) >= 11 is 1.70. The summed E-state index contributed by atoms with van der Waals surface area (Å²) in [6, 6.07) is 4.71. The number of hydrogen-bond acceptors (Lipinski definition) is 5. The van der Waals surface area contributed by atoms with Crippen LogP contribution in [0.3, 0.4) is 0 Å². The maximum Gasteiger partial charge on any atom is 0.110 e. The summed E-state index contributed by atoms with van der Waals surface area (Å²) in [6.45, 7) is 12.5. The monoisotopic (exact) mass is 393 g/mol. The number of imidazole rings is 1. The molecule has 6 heteroatoms. The molecule has 0 aliphatic carbocycles. The molecule has 1 unspecified atom stereocenters. The summed E-state index contributed by atoms with van der Waals surface area (Å²) in [7, 11) is 0. The van der Waals surface area contributed by atoms with Crippen molar-refractivity contribution in [3.63, 3.8) is 0 Å². The molecule has 0 aromatic carbocycles. The van der Waals surface area contributed by atoms with E-state index >= 15 is 0 Å². The number of pyridine rings is 1. The van der Waals surface area contributed by atoms with Crippen LogP contribution in [0.1, 0.15) is 12.7 Å². The number of aliphatic imine (C=N–C) groups is 1. The highest BCUT2D eigenvalue weighted by molar-refractivity contribution is 8.12. The Morgan fingerprint density at radius 1 is 1.18 bits per heavy atom. The molecule has 0 saturated carbocycles. The van der Waals surface area contributed by atoms with Crippen molar-refractivity contribution in [2.75, 3.05) is 36.8 Å². The minimum Gasteiger partial charge on any atom is -0.368 e. The molecule has 146 valence electrons. The third-order valence-electron chi connectivity index (χ3n) is 5.54. The van der Waals surface area contributed by atoms with Crippen LogP contribution in [0, 0.1) is 6.92 Å². The van der Waals surface area contributed by atoms with Gasteiger partial charge in [0.05, 0.1) is 28.6 Å². The topological polar surface area (TPSA) is 36.1 Å². The van der Waals surface area contributed by atoms with Crippen molar-refractivity contribution in [3.8, 4) is 0 Å². The minimum absolute atomic E-state index is 0.354. The molecule has 4 rings (SSSR count). The van der Waals surface area contributed by atoms with Crippen molar-refractivity contribution in [1.82, 2.24) is 14.3 Å². The smallest absolute Gasteiger partial charge is 0.110 e. The largest absolute Gasteiger partial charge is 0.368 e. The first-order valence-electron chi connectivity index (χ1n) is 9.76. The Kier molecular flexibility index (Phi) is 5.69. The van der Waals surface area contributed by atoms with Crippen LogP contribution in [-0.4, -0.2) is 57.8 Å². The Morgan fingerprint density at radius 2 is 2.00 bits per heavy atom. The summed E-state index contributed by atoms with van der Waals surface area (Å²) in [6.07, 6.45) is 10.7. The van der Waals surface area contributed by atoms with E-state index in [9.17, 15) is 0 Å². The van der Waals surface area contributed by atoms with Gasteiger partial charge in [-0.15, -0.1) is 11.8 Å². The van der Waals surface area contributed by atoms with Gasteiger partial charge in [-0.1, -0.05) is 18.7 Å². The van der Waals surface area contributed by atoms with Gasteiger partial charge < -0.3 is 9.30 Å². The van der Waals surface area contributed by atoms with E-state index in [2.05, 4.69) is 74.2 Å². The van der Waals surface area contributed by atoms with E-state index in [4.69, 9.17) is 0 Å². The quantitative estimate of drug-likeness (QED) is 0.792. The van der Waals surface area contributed by atoms with Gasteiger partial charge in [0, 0.05) is 44.2 Å². The molecule has 2 aliphatic rings. The first-order chi connectivity index (χ1) is 13.6. The minimum atomic E-state index is 0.354. The van der Waals surface area contributed by atoms with Crippen molar-refractivity contribution in [2.45, 2.75) is 19.9 Å². The maximum atomic E-state index is 4.40. The average Bonchev–Trinajstić information content (AvgIpc) is 3.13. The average molecular weight is 394 g/mol. The normalized spacial score (nSPS) is 23.0. The molecule has 0 N–H and O–H groups in total. The molecule has 1 fully saturated rings. The number of aromatic nitrogens is 2. The summed E-state index contributed by atoms with van der Waals surface area (Å²) in [5.74, 6) is 1.98. The van der Waals surface area contributed by atoms with Crippen LogP contribution in [0.15, 0.2) is 65.6 Å². The lowest BCUT2D eigenvalue weighted by molar-refractivity contribution is 0.222. The van der Waals surface area contributed by atoms with Crippen molar-refractivity contribution in [2.24, 2.45) is 4.99 Å². The van der Waals surface area contributed by atoms with Gasteiger partial charge in [0.15, 0.2) is 0 Å². The Bertz CT molecular complexity index is 947. The van der Waals surface area contributed by atoms with Crippen LogP contribution in [0.2, 0.25) is 0 Å². The van der Waals surface area contributed by atoms with Gasteiger partial charge in [-0.2, -0.15) is 0 Å². The van der Waals surface area contributed by atoms with Crippen LogP contribution in [0.5, 0.6) is 0 Å². The molecule has 0 radical (unpaired) electrons. The highest BCUT2D eigenvalue weighted by Crippen LogP contribution is 2.22. The van der Waals surface area contributed by atoms with Crippen molar-refractivity contribution < 1.29 is 0 Å². The van der Waals surface area contributed by atoms with E-state index in [0.717, 1.165) is 49.0 Å². The van der Waals surface area contributed by atoms with E-state index in [1.807, 2.05) is 18.7 Å². The van der Waals surface area contributed by atoms with Crippen molar-refractivity contribution in [3.05, 3.63) is 66.4 Å². The van der Waals surface area contributed by atoms with Gasteiger partial charge in [-0.25, -0.2) is 4.98 Å². The van der Waals surface area contributed by atoms with Crippen LogP contribution in [-0.2, 0) is 0 Å². The number of rotatable bonds is 3. The lowest BCUT2D eigenvalue weighted by Gasteiger charge is -2.39. The van der Waals surface area contributed by atoms with Gasteiger partial charge in [-0.05, 0) is 37.6 Å². The van der Waals surface area contributed by atoms with Gasteiger partial charge >= 0.3 is 0 Å². The zero-order chi connectivity index (χ0) is 19.5. The molecule has 0 amide bonds. The molecule has 1 saturated heterocycles. The summed E-state index contributed by atoms with van der Waals surface area (Å²) in [4.78, 5) is 13.8. The highest BCUT2D eigenvalue weighted by Gasteiger charge is 2.23. The molecule has 2 aromatic heterocycles. The predicted octanol–water partition coefficient (Wildman–Crippen LogP) is 3.92. The number of aryl methyl sites for hydroxylation is 1. The van der Waals surface area contributed by atoms with E-state index in [1.165, 1.54) is 11.3 Å². The first kappa shape index (κ1) is 19.0. The lowest BCUT2D eigenvalue weighted by atomic mass is 10.0. The molecule has 28 heavy (non-hydrogen) atoms. The molecule has 4 heterocycles. The molecule has 5 nitrogen and oxygen atoms in total. The summed E-state index contributed by atoms with van der Waals surface area (Å²) < 4.78 is 2.17. The summed E-state index contributed by atoms with van der Waals surface area (Å²) in [5, 5.41) is 0. The lowest BCUT2D eigenvalue weighted by Crippen LogP contribution is -2.50. The number of thioether (sulfide) groups is 1. The number of anilines is 1.